The van der Waals surface area contributed by atoms with Gasteiger partial charge < -0.3 is 10.5 Å². The fourth-order valence-electron chi connectivity index (χ4n) is 0.993. The zero-order valence-electron chi connectivity index (χ0n) is 6.11. The molecule has 0 aliphatic rings. The summed E-state index contributed by atoms with van der Waals surface area (Å²) in [6.45, 7) is 0. The molecule has 0 bridgehead atoms. The Morgan fingerprint density at radius 1 is 1.50 bits per heavy atom. The zero-order chi connectivity index (χ0) is 8.55. The van der Waals surface area contributed by atoms with Crippen molar-refractivity contribution in [3.8, 4) is 5.75 Å². The predicted octanol–water partition coefficient (Wildman–Crippen LogP) is 2.00. The Labute approximate surface area is 72.8 Å². The quantitative estimate of drug-likeness (QED) is 0.656. The maximum Gasteiger partial charge on any atom is 0.134 e. The number of fused-ring (bicyclic) bond motifs is 1. The first-order valence-electron chi connectivity index (χ1n) is 3.39. The van der Waals surface area contributed by atoms with Crippen LogP contribution in [-0.4, -0.2) is 16.3 Å². The average Bonchev–Trinajstić information content (AvgIpc) is 2.46. The molecule has 0 aliphatic carbocycles. The number of nitrogens with zero attached hydrogens (tertiary/aromatic N) is 1. The average molecular weight is 178 g/mol. The van der Waals surface area contributed by atoms with Crippen molar-refractivity contribution in [3.05, 3.63) is 23.2 Å². The van der Waals surface area contributed by atoms with Gasteiger partial charge >= 0.3 is 0 Å². The van der Waals surface area contributed by atoms with Crippen LogP contribution in [0.1, 0.15) is 5.01 Å². The van der Waals surface area contributed by atoms with Crippen molar-refractivity contribution in [2.75, 3.05) is 0 Å². The molecule has 1 aromatic heterocycles. The monoisotopic (exact) mass is 178 g/mol. The summed E-state index contributed by atoms with van der Waals surface area (Å²) >= 11 is 1.40. The van der Waals surface area contributed by atoms with E-state index in [2.05, 4.69) is 4.98 Å². The maximum absolute atomic E-state index is 9.13. The minimum atomic E-state index is 0.239. The number of phenols is 1. The van der Waals surface area contributed by atoms with Crippen LogP contribution in [0, 0.1) is 5.41 Å². The summed E-state index contributed by atoms with van der Waals surface area (Å²) in [7, 11) is 0. The summed E-state index contributed by atoms with van der Waals surface area (Å²) in [4.78, 5) is 4.14. The van der Waals surface area contributed by atoms with E-state index < -0.39 is 0 Å². The second-order valence-electron chi connectivity index (χ2n) is 2.35. The molecule has 1 aromatic carbocycles. The van der Waals surface area contributed by atoms with Crippen LogP contribution in [0.5, 0.6) is 5.75 Å². The molecule has 0 saturated heterocycles. The molecule has 3 nitrogen and oxygen atoms in total. The van der Waals surface area contributed by atoms with Gasteiger partial charge in [0.2, 0.25) is 0 Å². The number of aromatic nitrogens is 1. The van der Waals surface area contributed by atoms with E-state index in [4.69, 9.17) is 10.5 Å². The van der Waals surface area contributed by atoms with E-state index >= 15 is 0 Å². The topological polar surface area (TPSA) is 57.0 Å². The Balaban J connectivity index is 2.75. The fourth-order valence-corrected chi connectivity index (χ4v) is 1.82. The molecule has 0 aliphatic heterocycles. The summed E-state index contributed by atoms with van der Waals surface area (Å²) in [6.07, 6.45) is 1.21. The van der Waals surface area contributed by atoms with Crippen molar-refractivity contribution in [2.45, 2.75) is 0 Å². The number of thiazole rings is 1. The molecule has 12 heavy (non-hydrogen) atoms. The van der Waals surface area contributed by atoms with Gasteiger partial charge in [-0.05, 0) is 18.2 Å². The molecule has 2 aromatic rings. The van der Waals surface area contributed by atoms with E-state index in [1.807, 2.05) is 0 Å². The molecule has 0 atom stereocenters. The largest absolute Gasteiger partial charge is 0.508 e. The van der Waals surface area contributed by atoms with Gasteiger partial charge in [0.25, 0.3) is 0 Å². The molecule has 0 fully saturated rings. The summed E-state index contributed by atoms with van der Waals surface area (Å²) in [5, 5.41) is 16.8. The SMILES string of the molecule is N=Cc1nc2ccc(O)cc2s1. The number of rotatable bonds is 1. The highest BCUT2D eigenvalue weighted by atomic mass is 32.1. The van der Waals surface area contributed by atoms with Crippen LogP contribution in [0.25, 0.3) is 10.2 Å². The molecule has 0 unspecified atom stereocenters. The van der Waals surface area contributed by atoms with Gasteiger partial charge in [-0.3, -0.25) is 0 Å². The van der Waals surface area contributed by atoms with E-state index in [0.717, 1.165) is 10.2 Å². The molecule has 1 heterocycles. The van der Waals surface area contributed by atoms with Gasteiger partial charge in [-0.1, -0.05) is 0 Å². The molecule has 60 valence electrons. The van der Waals surface area contributed by atoms with Crippen LogP contribution in [-0.2, 0) is 0 Å². The van der Waals surface area contributed by atoms with E-state index in [-0.39, 0.29) is 5.75 Å². The summed E-state index contributed by atoms with van der Waals surface area (Å²) in [6, 6.07) is 4.99. The highest BCUT2D eigenvalue weighted by Crippen LogP contribution is 2.24. The minimum Gasteiger partial charge on any atom is -0.508 e. The third kappa shape index (κ3) is 1.06. The number of phenolic OH excluding ortho intramolecular Hbond substituents is 1. The Hall–Kier alpha value is -1.42. The molecule has 2 N–H and O–H groups in total. The maximum atomic E-state index is 9.13. The Morgan fingerprint density at radius 3 is 3.08 bits per heavy atom. The van der Waals surface area contributed by atoms with Crippen LogP contribution in [0.3, 0.4) is 0 Å². The number of hydrogen-bond donors (Lipinski definition) is 2. The van der Waals surface area contributed by atoms with Crippen molar-refractivity contribution in [2.24, 2.45) is 0 Å². The minimum absolute atomic E-state index is 0.239. The summed E-state index contributed by atoms with van der Waals surface area (Å²) < 4.78 is 0.911. The fraction of sp³-hybridized carbons (Fsp3) is 0. The molecular formula is C8H6N2OS. The molecule has 0 saturated carbocycles. The van der Waals surface area contributed by atoms with E-state index in [0.29, 0.717) is 5.01 Å². The summed E-state index contributed by atoms with van der Waals surface area (Å²) in [5.74, 6) is 0.239. The number of nitrogens with one attached hydrogen (secondary N) is 1. The lowest BCUT2D eigenvalue weighted by atomic mass is 10.3. The molecule has 0 amide bonds. The van der Waals surface area contributed by atoms with Crippen molar-refractivity contribution in [3.63, 3.8) is 0 Å². The first kappa shape index (κ1) is 7.24. The third-order valence-corrected chi connectivity index (χ3v) is 2.48. The van der Waals surface area contributed by atoms with Crippen LogP contribution in [0.15, 0.2) is 18.2 Å². The van der Waals surface area contributed by atoms with Gasteiger partial charge in [-0.25, -0.2) is 4.98 Å². The first-order chi connectivity index (χ1) is 5.79. The zero-order valence-corrected chi connectivity index (χ0v) is 6.93. The molecule has 4 heteroatoms. The lowest BCUT2D eigenvalue weighted by Crippen LogP contribution is -1.72. The normalized spacial score (nSPS) is 10.3. The number of hydrogen-bond acceptors (Lipinski definition) is 4. The Morgan fingerprint density at radius 2 is 2.33 bits per heavy atom. The van der Waals surface area contributed by atoms with Gasteiger partial charge in [0.1, 0.15) is 10.8 Å². The van der Waals surface area contributed by atoms with Gasteiger partial charge in [0.05, 0.1) is 16.4 Å². The van der Waals surface area contributed by atoms with Crippen molar-refractivity contribution in [1.82, 2.24) is 4.98 Å². The van der Waals surface area contributed by atoms with E-state index in [9.17, 15) is 0 Å². The Bertz CT molecular complexity index is 436. The van der Waals surface area contributed by atoms with E-state index in [1.165, 1.54) is 17.6 Å². The highest BCUT2D eigenvalue weighted by Gasteiger charge is 2.01. The van der Waals surface area contributed by atoms with Gasteiger partial charge in [-0.15, -0.1) is 11.3 Å². The second-order valence-corrected chi connectivity index (χ2v) is 3.41. The van der Waals surface area contributed by atoms with Gasteiger partial charge in [0, 0.05) is 0 Å². The molecular weight excluding hydrogens is 172 g/mol. The predicted molar refractivity (Wildman–Crippen MR) is 49.2 cm³/mol. The van der Waals surface area contributed by atoms with E-state index in [1.54, 1.807) is 18.2 Å². The van der Waals surface area contributed by atoms with Crippen molar-refractivity contribution < 1.29 is 5.11 Å². The smallest absolute Gasteiger partial charge is 0.134 e. The number of benzene rings is 1. The van der Waals surface area contributed by atoms with Crippen LogP contribution < -0.4 is 0 Å². The molecule has 2 rings (SSSR count). The number of aromatic hydroxyl groups is 1. The van der Waals surface area contributed by atoms with Crippen LogP contribution in [0.2, 0.25) is 0 Å². The molecule has 0 spiro atoms. The first-order valence-corrected chi connectivity index (χ1v) is 4.21. The van der Waals surface area contributed by atoms with Crippen molar-refractivity contribution >= 4 is 27.8 Å². The lowest BCUT2D eigenvalue weighted by Gasteiger charge is -1.87. The van der Waals surface area contributed by atoms with Crippen molar-refractivity contribution in [1.29, 1.82) is 5.41 Å². The lowest BCUT2D eigenvalue weighted by molar-refractivity contribution is 0.476. The molecule has 0 radical (unpaired) electrons. The summed E-state index contributed by atoms with van der Waals surface area (Å²) in [5.41, 5.74) is 0.830. The van der Waals surface area contributed by atoms with Gasteiger partial charge in [-0.2, -0.15) is 0 Å². The highest BCUT2D eigenvalue weighted by molar-refractivity contribution is 7.20. The standard InChI is InChI=1S/C8H6N2OS/c9-4-8-10-6-2-1-5(11)3-7(6)12-8/h1-4,9,11H. The van der Waals surface area contributed by atoms with Crippen LogP contribution in [0.4, 0.5) is 0 Å². The van der Waals surface area contributed by atoms with Gasteiger partial charge in [0.15, 0.2) is 0 Å². The Kier molecular flexibility index (Phi) is 1.55. The van der Waals surface area contributed by atoms with Crippen LogP contribution >= 0.6 is 11.3 Å². The second kappa shape index (κ2) is 2.57. The third-order valence-electron chi connectivity index (χ3n) is 1.51.